The number of hydrogen-bond acceptors (Lipinski definition) is 7. The van der Waals surface area contributed by atoms with Gasteiger partial charge in [-0.2, -0.15) is 0 Å². The zero-order chi connectivity index (χ0) is 21.7. The van der Waals surface area contributed by atoms with Crippen molar-refractivity contribution in [2.75, 3.05) is 43.1 Å². The highest BCUT2D eigenvalue weighted by Gasteiger charge is 2.44. The van der Waals surface area contributed by atoms with Gasteiger partial charge in [0.2, 0.25) is 5.91 Å². The van der Waals surface area contributed by atoms with Gasteiger partial charge in [-0.25, -0.2) is 15.9 Å². The Morgan fingerprint density at radius 3 is 2.59 bits per heavy atom. The molecule has 0 bridgehead atoms. The van der Waals surface area contributed by atoms with Gasteiger partial charge in [0.05, 0.1) is 31.0 Å². The third-order valence-corrected chi connectivity index (χ3v) is 7.25. The molecule has 8 heteroatoms. The smallest absolute Gasteiger partial charge is 0.243 e. The number of piperazine rings is 1. The highest BCUT2D eigenvalue weighted by atomic mass is 16.5. The van der Waals surface area contributed by atoms with Gasteiger partial charge in [-0.15, -0.1) is 0 Å². The molecule has 0 aromatic heterocycles. The minimum Gasteiger partial charge on any atom is -0.372 e. The molecular weight excluding hydrogens is 404 g/mol. The SMILES string of the molecule is CN1CCN(c2ccc(C3NNC4CC(=O)N(c5cccc6c5COC6)NC43)cc2)CC1. The monoisotopic (exact) mass is 434 g/mol. The van der Waals surface area contributed by atoms with E-state index in [0.717, 1.165) is 43.0 Å². The summed E-state index contributed by atoms with van der Waals surface area (Å²) in [5.41, 5.74) is 16.0. The molecule has 3 unspecified atom stereocenters. The molecule has 8 nitrogen and oxygen atoms in total. The number of hydrazine groups is 2. The second-order valence-electron chi connectivity index (χ2n) is 9.25. The maximum atomic E-state index is 13.0. The van der Waals surface area contributed by atoms with E-state index in [0.29, 0.717) is 19.6 Å². The summed E-state index contributed by atoms with van der Waals surface area (Å²) in [5, 5.41) is 1.75. The van der Waals surface area contributed by atoms with Gasteiger partial charge in [-0.1, -0.05) is 24.3 Å². The van der Waals surface area contributed by atoms with Crippen LogP contribution in [0.4, 0.5) is 11.4 Å². The van der Waals surface area contributed by atoms with E-state index in [-0.39, 0.29) is 24.0 Å². The minimum atomic E-state index is 0.0501. The average molecular weight is 435 g/mol. The van der Waals surface area contributed by atoms with Gasteiger partial charge in [0.25, 0.3) is 0 Å². The van der Waals surface area contributed by atoms with E-state index < -0.39 is 0 Å². The lowest BCUT2D eigenvalue weighted by Gasteiger charge is -2.37. The van der Waals surface area contributed by atoms with Gasteiger partial charge >= 0.3 is 0 Å². The highest BCUT2D eigenvalue weighted by Crippen LogP contribution is 2.34. The molecule has 0 spiro atoms. The van der Waals surface area contributed by atoms with Crippen molar-refractivity contribution >= 4 is 17.3 Å². The van der Waals surface area contributed by atoms with Crippen LogP contribution in [0.2, 0.25) is 0 Å². The van der Waals surface area contributed by atoms with E-state index in [4.69, 9.17) is 4.74 Å². The van der Waals surface area contributed by atoms with Crippen molar-refractivity contribution in [1.82, 2.24) is 21.2 Å². The number of carbonyl (C=O) groups excluding carboxylic acids is 1. The van der Waals surface area contributed by atoms with Gasteiger partial charge in [-0.3, -0.25) is 10.2 Å². The summed E-state index contributed by atoms with van der Waals surface area (Å²) in [7, 11) is 2.18. The van der Waals surface area contributed by atoms with E-state index in [1.165, 1.54) is 11.3 Å². The first kappa shape index (κ1) is 20.1. The molecule has 4 aliphatic rings. The molecule has 1 amide bonds. The number of fused-ring (bicyclic) bond motifs is 2. The maximum Gasteiger partial charge on any atom is 0.243 e. The van der Waals surface area contributed by atoms with Gasteiger partial charge in [0, 0.05) is 49.9 Å². The number of rotatable bonds is 3. The van der Waals surface area contributed by atoms with Crippen LogP contribution in [0.3, 0.4) is 0 Å². The number of amides is 1. The van der Waals surface area contributed by atoms with Crippen LogP contribution in [0.15, 0.2) is 42.5 Å². The second kappa shape index (κ2) is 8.13. The lowest BCUT2D eigenvalue weighted by atomic mass is 9.93. The fraction of sp³-hybridized carbons (Fsp3) is 0.458. The van der Waals surface area contributed by atoms with E-state index in [9.17, 15) is 4.79 Å². The first-order chi connectivity index (χ1) is 15.7. The summed E-state index contributed by atoms with van der Waals surface area (Å²) < 4.78 is 5.63. The molecule has 3 saturated heterocycles. The predicted octanol–water partition coefficient (Wildman–Crippen LogP) is 1.30. The van der Waals surface area contributed by atoms with Crippen molar-refractivity contribution in [3.05, 3.63) is 59.2 Å². The van der Waals surface area contributed by atoms with Gasteiger partial charge in [0.15, 0.2) is 0 Å². The minimum absolute atomic E-state index is 0.0501. The number of carbonyl (C=O) groups is 1. The molecule has 0 aliphatic carbocycles. The standard InChI is InChI=1S/C24H30N6O2/c1-28-9-11-29(12-10-28)18-7-5-16(6-8-18)23-24-20(25-26-23)13-22(31)30(27-24)21-4-2-3-17-14-32-15-19(17)21/h2-8,20,23-27H,9-15H2,1H3. The van der Waals surface area contributed by atoms with Crippen LogP contribution in [-0.2, 0) is 22.7 Å². The zero-order valence-corrected chi connectivity index (χ0v) is 18.4. The second-order valence-corrected chi connectivity index (χ2v) is 9.25. The topological polar surface area (TPSA) is 72.1 Å². The van der Waals surface area contributed by atoms with Crippen molar-refractivity contribution in [2.24, 2.45) is 0 Å². The molecule has 0 saturated carbocycles. The summed E-state index contributed by atoms with van der Waals surface area (Å²) in [6.07, 6.45) is 0.449. The number of nitrogens with one attached hydrogen (secondary N) is 3. The zero-order valence-electron chi connectivity index (χ0n) is 18.4. The Morgan fingerprint density at radius 2 is 1.78 bits per heavy atom. The normalized spacial score (nSPS) is 28.2. The summed E-state index contributed by atoms with van der Waals surface area (Å²) in [5.74, 6) is 0.0758. The number of ether oxygens (including phenoxy) is 1. The first-order valence-corrected chi connectivity index (χ1v) is 11.5. The van der Waals surface area contributed by atoms with Crippen LogP contribution >= 0.6 is 0 Å². The lowest BCUT2D eigenvalue weighted by molar-refractivity contribution is -0.121. The van der Waals surface area contributed by atoms with E-state index in [2.05, 4.69) is 63.5 Å². The summed E-state index contributed by atoms with van der Waals surface area (Å²) in [4.78, 5) is 17.8. The fourth-order valence-corrected chi connectivity index (χ4v) is 5.30. The van der Waals surface area contributed by atoms with Crippen molar-refractivity contribution in [2.45, 2.75) is 37.8 Å². The van der Waals surface area contributed by atoms with Gasteiger partial charge in [-0.05, 0) is 36.4 Å². The van der Waals surface area contributed by atoms with Crippen LogP contribution in [0.25, 0.3) is 0 Å². The van der Waals surface area contributed by atoms with Gasteiger partial charge in [0.1, 0.15) is 0 Å². The molecule has 4 heterocycles. The third-order valence-electron chi connectivity index (χ3n) is 7.25. The van der Waals surface area contributed by atoms with Crippen LogP contribution in [-0.4, -0.2) is 56.1 Å². The third kappa shape index (κ3) is 3.48. The van der Waals surface area contributed by atoms with Crippen LogP contribution in [0.5, 0.6) is 0 Å². The summed E-state index contributed by atoms with van der Waals surface area (Å²) in [6.45, 7) is 5.49. The molecule has 168 valence electrons. The predicted molar refractivity (Wildman–Crippen MR) is 123 cm³/mol. The Hall–Kier alpha value is -2.49. The molecule has 2 aromatic carbocycles. The number of benzene rings is 2. The van der Waals surface area contributed by atoms with E-state index >= 15 is 0 Å². The number of hydrogen-bond donors (Lipinski definition) is 3. The number of likely N-dealkylation sites (N-methyl/N-ethyl adjacent to an activating group) is 1. The van der Waals surface area contributed by atoms with Crippen molar-refractivity contribution < 1.29 is 9.53 Å². The molecular formula is C24H30N6O2. The quantitative estimate of drug-likeness (QED) is 0.673. The van der Waals surface area contributed by atoms with Crippen LogP contribution in [0, 0.1) is 0 Å². The lowest BCUT2D eigenvalue weighted by Crippen LogP contribution is -2.60. The van der Waals surface area contributed by atoms with Crippen molar-refractivity contribution in [3.8, 4) is 0 Å². The molecule has 32 heavy (non-hydrogen) atoms. The van der Waals surface area contributed by atoms with Crippen LogP contribution < -0.4 is 26.2 Å². The number of nitrogens with zero attached hydrogens (tertiary/aromatic N) is 3. The highest BCUT2D eigenvalue weighted by molar-refractivity contribution is 5.95. The van der Waals surface area contributed by atoms with Crippen molar-refractivity contribution in [1.29, 1.82) is 0 Å². The molecule has 4 aliphatic heterocycles. The van der Waals surface area contributed by atoms with E-state index in [1.807, 2.05) is 12.1 Å². The average Bonchev–Trinajstić information content (AvgIpc) is 3.46. The molecule has 3 atom stereocenters. The Morgan fingerprint density at radius 1 is 0.969 bits per heavy atom. The van der Waals surface area contributed by atoms with Crippen molar-refractivity contribution in [3.63, 3.8) is 0 Å². The van der Waals surface area contributed by atoms with E-state index in [1.54, 1.807) is 5.01 Å². The molecule has 3 N–H and O–H groups in total. The number of anilines is 2. The summed E-state index contributed by atoms with van der Waals surface area (Å²) >= 11 is 0. The Bertz CT molecular complexity index is 1000. The fourth-order valence-electron chi connectivity index (χ4n) is 5.30. The Kier molecular flexibility index (Phi) is 5.12. The van der Waals surface area contributed by atoms with Gasteiger partial charge < -0.3 is 14.5 Å². The first-order valence-electron chi connectivity index (χ1n) is 11.5. The van der Waals surface area contributed by atoms with Crippen LogP contribution in [0.1, 0.15) is 29.2 Å². The maximum absolute atomic E-state index is 13.0. The largest absolute Gasteiger partial charge is 0.372 e. The molecule has 6 rings (SSSR count). The summed E-state index contributed by atoms with van der Waals surface area (Å²) in [6, 6.07) is 15.2. The molecule has 3 fully saturated rings. The Balaban J connectivity index is 1.22. The molecule has 2 aromatic rings. The molecule has 0 radical (unpaired) electrons. The Labute approximate surface area is 188 Å².